The van der Waals surface area contributed by atoms with E-state index in [1.807, 2.05) is 6.07 Å². The lowest BCUT2D eigenvalue weighted by Gasteiger charge is -2.04. The Kier molecular flexibility index (Phi) is 5.44. The van der Waals surface area contributed by atoms with E-state index in [1.165, 1.54) is 0 Å². The molecule has 0 saturated carbocycles. The fraction of sp³-hybridized carbons (Fsp3) is 0.188. The van der Waals surface area contributed by atoms with Gasteiger partial charge in [0.05, 0.1) is 13.0 Å². The molecule has 2 aromatic heterocycles. The molecule has 0 aliphatic carbocycles. The van der Waals surface area contributed by atoms with Crippen molar-refractivity contribution in [2.75, 3.05) is 11.9 Å². The van der Waals surface area contributed by atoms with Gasteiger partial charge in [-0.2, -0.15) is 0 Å². The molecule has 2 aromatic rings. The number of hydrogen-bond acceptors (Lipinski definition) is 4. The maximum atomic E-state index is 11.9. The minimum Gasteiger partial charge on any atom is -0.395 e. The van der Waals surface area contributed by atoms with Gasteiger partial charge >= 0.3 is 0 Å². The van der Waals surface area contributed by atoms with Crippen LogP contribution in [0.1, 0.15) is 17.8 Å². The lowest BCUT2D eigenvalue weighted by molar-refractivity contribution is -0.115. The fourth-order valence-electron chi connectivity index (χ4n) is 1.64. The number of amides is 1. The average Bonchev–Trinajstić information content (AvgIpc) is 2.49. The van der Waals surface area contributed by atoms with Crippen molar-refractivity contribution in [2.45, 2.75) is 12.8 Å². The highest BCUT2D eigenvalue weighted by Gasteiger charge is 2.05. The molecule has 0 aliphatic heterocycles. The summed E-state index contributed by atoms with van der Waals surface area (Å²) in [6.45, 7) is 0.0213. The number of aromatic nitrogens is 2. The van der Waals surface area contributed by atoms with Gasteiger partial charge in [0.2, 0.25) is 5.91 Å². The number of carbonyl (C=O) groups is 1. The molecule has 0 unspecified atom stereocenters. The first kappa shape index (κ1) is 14.7. The predicted molar refractivity (Wildman–Crippen MR) is 79.4 cm³/mol. The van der Waals surface area contributed by atoms with E-state index in [0.29, 0.717) is 23.6 Å². The number of pyridine rings is 2. The number of anilines is 1. The topological polar surface area (TPSA) is 75.1 Å². The van der Waals surface area contributed by atoms with Crippen molar-refractivity contribution in [3.63, 3.8) is 0 Å². The summed E-state index contributed by atoms with van der Waals surface area (Å²) in [5.41, 5.74) is 1.26. The van der Waals surface area contributed by atoms with Crippen LogP contribution in [-0.2, 0) is 11.2 Å². The van der Waals surface area contributed by atoms with Gasteiger partial charge in [0.15, 0.2) is 0 Å². The Morgan fingerprint density at radius 3 is 2.90 bits per heavy atom. The summed E-state index contributed by atoms with van der Waals surface area (Å²) in [5.74, 6) is 5.88. The van der Waals surface area contributed by atoms with Crippen LogP contribution >= 0.6 is 0 Å². The van der Waals surface area contributed by atoms with Crippen LogP contribution in [0, 0.1) is 11.8 Å². The quantitative estimate of drug-likeness (QED) is 0.830. The molecular formula is C16H15N3O2. The zero-order valence-electron chi connectivity index (χ0n) is 11.4. The molecule has 2 rings (SSSR count). The highest BCUT2D eigenvalue weighted by Crippen LogP contribution is 2.05. The molecule has 21 heavy (non-hydrogen) atoms. The van der Waals surface area contributed by atoms with Gasteiger partial charge in [-0.15, -0.1) is 0 Å². The van der Waals surface area contributed by atoms with Crippen LogP contribution in [0.2, 0.25) is 0 Å². The number of aliphatic hydroxyl groups is 1. The van der Waals surface area contributed by atoms with Crippen molar-refractivity contribution in [3.05, 3.63) is 54.0 Å². The number of nitrogens with zero attached hydrogens (tertiary/aromatic N) is 2. The Labute approximate surface area is 123 Å². The Morgan fingerprint density at radius 1 is 1.24 bits per heavy atom. The molecule has 0 saturated heterocycles. The van der Waals surface area contributed by atoms with E-state index >= 15 is 0 Å². The molecule has 1 amide bonds. The zero-order valence-corrected chi connectivity index (χ0v) is 11.4. The highest BCUT2D eigenvalue weighted by atomic mass is 16.2. The Morgan fingerprint density at radius 2 is 2.14 bits per heavy atom. The van der Waals surface area contributed by atoms with Crippen LogP contribution in [-0.4, -0.2) is 27.6 Å². The number of carbonyl (C=O) groups excluding carboxylic acids is 1. The van der Waals surface area contributed by atoms with Crippen molar-refractivity contribution < 1.29 is 9.90 Å². The van der Waals surface area contributed by atoms with Gasteiger partial charge in [0.1, 0.15) is 11.5 Å². The number of nitrogens with one attached hydrogen (secondary N) is 1. The Bertz CT molecular complexity index is 660. The number of aliphatic hydroxyl groups excluding tert-OH is 1. The zero-order chi connectivity index (χ0) is 14.9. The first-order valence-corrected chi connectivity index (χ1v) is 6.54. The molecule has 0 atom stereocenters. The smallest absolute Gasteiger partial charge is 0.231 e. The average molecular weight is 281 g/mol. The molecule has 106 valence electrons. The fourth-order valence-corrected chi connectivity index (χ4v) is 1.64. The van der Waals surface area contributed by atoms with Crippen molar-refractivity contribution in [1.82, 2.24) is 9.97 Å². The molecule has 0 radical (unpaired) electrons. The van der Waals surface area contributed by atoms with E-state index in [4.69, 9.17) is 5.11 Å². The SMILES string of the molecule is O=C(Cc1ccccn1)Nc1cccc(C#CCCO)n1. The first-order valence-electron chi connectivity index (χ1n) is 6.54. The molecule has 5 nitrogen and oxygen atoms in total. The maximum Gasteiger partial charge on any atom is 0.231 e. The third-order valence-corrected chi connectivity index (χ3v) is 2.54. The largest absolute Gasteiger partial charge is 0.395 e. The molecular weight excluding hydrogens is 266 g/mol. The summed E-state index contributed by atoms with van der Waals surface area (Å²) in [6.07, 6.45) is 2.25. The normalized spacial score (nSPS) is 9.57. The second kappa shape index (κ2) is 7.78. The highest BCUT2D eigenvalue weighted by molar-refractivity contribution is 5.91. The van der Waals surface area contributed by atoms with Gasteiger partial charge in [-0.05, 0) is 30.2 Å². The van der Waals surface area contributed by atoms with Gasteiger partial charge < -0.3 is 10.4 Å². The Balaban J connectivity index is 1.98. The van der Waals surface area contributed by atoms with Gasteiger partial charge in [-0.1, -0.05) is 18.1 Å². The lowest BCUT2D eigenvalue weighted by Crippen LogP contribution is -2.16. The third-order valence-electron chi connectivity index (χ3n) is 2.54. The van der Waals surface area contributed by atoms with E-state index in [0.717, 1.165) is 0 Å². The van der Waals surface area contributed by atoms with Crippen LogP contribution in [0.3, 0.4) is 0 Å². The van der Waals surface area contributed by atoms with Crippen molar-refractivity contribution in [2.24, 2.45) is 0 Å². The van der Waals surface area contributed by atoms with Crippen LogP contribution in [0.5, 0.6) is 0 Å². The standard InChI is InChI=1S/C16H15N3O2/c20-11-4-2-6-13-8-5-9-15(18-13)19-16(21)12-14-7-1-3-10-17-14/h1,3,5,7-10,20H,4,11-12H2,(H,18,19,21). The molecule has 0 aliphatic rings. The molecule has 0 spiro atoms. The molecule has 0 fully saturated rings. The van der Waals surface area contributed by atoms with E-state index in [9.17, 15) is 4.79 Å². The number of hydrogen-bond donors (Lipinski definition) is 2. The van der Waals surface area contributed by atoms with Gasteiger partial charge in [-0.3, -0.25) is 9.78 Å². The molecule has 2 N–H and O–H groups in total. The van der Waals surface area contributed by atoms with Crippen LogP contribution < -0.4 is 5.32 Å². The lowest BCUT2D eigenvalue weighted by atomic mass is 10.2. The predicted octanol–water partition coefficient (Wildman–Crippen LogP) is 1.39. The van der Waals surface area contributed by atoms with Crippen molar-refractivity contribution in [1.29, 1.82) is 0 Å². The molecule has 5 heteroatoms. The van der Waals surface area contributed by atoms with Crippen molar-refractivity contribution >= 4 is 11.7 Å². The minimum absolute atomic E-state index is 0.0213. The summed E-state index contributed by atoms with van der Waals surface area (Å²) >= 11 is 0. The second-order valence-corrected chi connectivity index (χ2v) is 4.23. The van der Waals surface area contributed by atoms with Gasteiger partial charge in [0, 0.05) is 18.3 Å². The molecule has 2 heterocycles. The van der Waals surface area contributed by atoms with Crippen molar-refractivity contribution in [3.8, 4) is 11.8 Å². The van der Waals surface area contributed by atoms with E-state index in [-0.39, 0.29) is 18.9 Å². The van der Waals surface area contributed by atoms with E-state index < -0.39 is 0 Å². The minimum atomic E-state index is -0.179. The summed E-state index contributed by atoms with van der Waals surface area (Å²) in [4.78, 5) is 20.2. The number of rotatable bonds is 4. The molecule has 0 aromatic carbocycles. The van der Waals surface area contributed by atoms with E-state index in [2.05, 4.69) is 27.1 Å². The Hall–Kier alpha value is -2.71. The second-order valence-electron chi connectivity index (χ2n) is 4.23. The van der Waals surface area contributed by atoms with Crippen LogP contribution in [0.25, 0.3) is 0 Å². The summed E-state index contributed by atoms with van der Waals surface area (Å²) in [7, 11) is 0. The molecule has 0 bridgehead atoms. The maximum absolute atomic E-state index is 11.9. The summed E-state index contributed by atoms with van der Waals surface area (Å²) in [6, 6.07) is 10.7. The monoisotopic (exact) mass is 281 g/mol. The van der Waals surface area contributed by atoms with E-state index in [1.54, 1.807) is 36.5 Å². The van der Waals surface area contributed by atoms with Gasteiger partial charge in [0.25, 0.3) is 0 Å². The third kappa shape index (κ3) is 5.05. The van der Waals surface area contributed by atoms with Gasteiger partial charge in [-0.25, -0.2) is 4.98 Å². The first-order chi connectivity index (χ1) is 10.3. The summed E-state index contributed by atoms with van der Waals surface area (Å²) in [5, 5.41) is 11.4. The summed E-state index contributed by atoms with van der Waals surface area (Å²) < 4.78 is 0. The van der Waals surface area contributed by atoms with Crippen LogP contribution in [0.4, 0.5) is 5.82 Å². The van der Waals surface area contributed by atoms with Crippen LogP contribution in [0.15, 0.2) is 42.6 Å².